The first kappa shape index (κ1) is 13.9. The molecule has 20 heavy (non-hydrogen) atoms. The number of fused-ring (bicyclic) bond motifs is 1. The summed E-state index contributed by atoms with van der Waals surface area (Å²) in [6.45, 7) is 2.11. The molecule has 2 atom stereocenters. The molecule has 0 spiro atoms. The van der Waals surface area contributed by atoms with Crippen LogP contribution in [-0.4, -0.2) is 0 Å². The van der Waals surface area contributed by atoms with Gasteiger partial charge >= 0.3 is 0 Å². The van der Waals surface area contributed by atoms with Gasteiger partial charge in [-0.25, -0.2) is 0 Å². The Bertz CT molecular complexity index is 649. The molecule has 0 amide bonds. The van der Waals surface area contributed by atoms with Crippen molar-refractivity contribution in [2.24, 2.45) is 5.73 Å². The summed E-state index contributed by atoms with van der Waals surface area (Å²) in [7, 11) is 0. The Morgan fingerprint density at radius 1 is 1.10 bits per heavy atom. The van der Waals surface area contributed by atoms with Crippen LogP contribution in [0.15, 0.2) is 42.5 Å². The van der Waals surface area contributed by atoms with Gasteiger partial charge < -0.3 is 5.73 Å². The maximum Gasteiger partial charge on any atom is 0.0595 e. The number of hydrogen-bond acceptors (Lipinski definition) is 1. The molecule has 0 saturated carbocycles. The predicted molar refractivity (Wildman–Crippen MR) is 85.5 cm³/mol. The van der Waals surface area contributed by atoms with Crippen molar-refractivity contribution in [3.63, 3.8) is 0 Å². The van der Waals surface area contributed by atoms with Gasteiger partial charge in [0, 0.05) is 11.5 Å². The molecular weight excluding hydrogens is 289 g/mol. The van der Waals surface area contributed by atoms with Crippen molar-refractivity contribution in [1.82, 2.24) is 0 Å². The van der Waals surface area contributed by atoms with Crippen LogP contribution in [0.5, 0.6) is 0 Å². The molecule has 1 aliphatic carbocycles. The highest BCUT2D eigenvalue weighted by atomic mass is 35.5. The van der Waals surface area contributed by atoms with Crippen LogP contribution in [0, 0.1) is 0 Å². The van der Waals surface area contributed by atoms with Gasteiger partial charge in [-0.15, -0.1) is 0 Å². The topological polar surface area (TPSA) is 26.0 Å². The van der Waals surface area contributed by atoms with E-state index in [0.717, 1.165) is 12.8 Å². The molecule has 104 valence electrons. The molecule has 0 radical (unpaired) electrons. The first-order valence-electron chi connectivity index (χ1n) is 6.82. The molecule has 3 rings (SSSR count). The Hall–Kier alpha value is -1.02. The number of halogens is 2. The third kappa shape index (κ3) is 2.35. The van der Waals surface area contributed by atoms with E-state index in [4.69, 9.17) is 28.9 Å². The zero-order valence-corrected chi connectivity index (χ0v) is 12.9. The van der Waals surface area contributed by atoms with Gasteiger partial charge in [-0.1, -0.05) is 53.5 Å². The first-order valence-corrected chi connectivity index (χ1v) is 7.58. The van der Waals surface area contributed by atoms with E-state index < -0.39 is 0 Å². The van der Waals surface area contributed by atoms with Crippen molar-refractivity contribution in [2.75, 3.05) is 0 Å². The van der Waals surface area contributed by atoms with E-state index in [1.165, 1.54) is 16.7 Å². The summed E-state index contributed by atoms with van der Waals surface area (Å²) in [5, 5.41) is 1.21. The van der Waals surface area contributed by atoms with Crippen molar-refractivity contribution in [1.29, 1.82) is 0 Å². The maximum atomic E-state index is 6.44. The molecule has 2 N–H and O–H groups in total. The first-order chi connectivity index (χ1) is 9.49. The number of hydrogen-bond donors (Lipinski definition) is 1. The third-order valence-corrected chi connectivity index (χ3v) is 4.99. The summed E-state index contributed by atoms with van der Waals surface area (Å²) < 4.78 is 0. The Morgan fingerprint density at radius 2 is 1.85 bits per heavy atom. The van der Waals surface area contributed by atoms with E-state index in [9.17, 15) is 0 Å². The zero-order valence-electron chi connectivity index (χ0n) is 11.4. The highest BCUT2D eigenvalue weighted by Crippen LogP contribution is 2.43. The average Bonchev–Trinajstić information content (AvgIpc) is 2.43. The summed E-state index contributed by atoms with van der Waals surface area (Å²) in [5.74, 6) is 0.345. The Labute approximate surface area is 129 Å². The second-order valence-corrected chi connectivity index (χ2v) is 6.58. The summed E-state index contributed by atoms with van der Waals surface area (Å²) in [5.41, 5.74) is 9.95. The number of nitrogens with two attached hydrogens (primary N) is 1. The molecule has 0 aromatic heterocycles. The van der Waals surface area contributed by atoms with E-state index in [1.807, 2.05) is 12.1 Å². The van der Waals surface area contributed by atoms with Crippen molar-refractivity contribution < 1.29 is 0 Å². The highest BCUT2D eigenvalue weighted by Gasteiger charge is 2.33. The largest absolute Gasteiger partial charge is 0.322 e. The smallest absolute Gasteiger partial charge is 0.0595 e. The molecule has 1 nitrogen and oxygen atoms in total. The molecule has 2 aromatic carbocycles. The molecule has 0 bridgehead atoms. The Morgan fingerprint density at radius 3 is 2.60 bits per heavy atom. The molecular formula is C17H17Cl2N. The minimum absolute atomic E-state index is 0.247. The van der Waals surface area contributed by atoms with Crippen LogP contribution < -0.4 is 5.73 Å². The number of benzene rings is 2. The van der Waals surface area contributed by atoms with Crippen molar-refractivity contribution >= 4 is 23.2 Å². The molecule has 1 unspecified atom stereocenters. The highest BCUT2D eigenvalue weighted by molar-refractivity contribution is 6.42. The summed E-state index contributed by atoms with van der Waals surface area (Å²) >= 11 is 12.2. The molecule has 0 aliphatic heterocycles. The van der Waals surface area contributed by atoms with Crippen LogP contribution in [0.2, 0.25) is 10.0 Å². The van der Waals surface area contributed by atoms with Crippen LogP contribution >= 0.6 is 23.2 Å². The van der Waals surface area contributed by atoms with Gasteiger partial charge in [0.05, 0.1) is 10.0 Å². The minimum Gasteiger partial charge on any atom is -0.322 e. The van der Waals surface area contributed by atoms with Gasteiger partial charge in [0.15, 0.2) is 0 Å². The molecule has 0 fully saturated rings. The lowest BCUT2D eigenvalue weighted by Crippen LogP contribution is -2.38. The lowest BCUT2D eigenvalue weighted by atomic mass is 9.71. The van der Waals surface area contributed by atoms with Crippen molar-refractivity contribution in [2.45, 2.75) is 31.2 Å². The van der Waals surface area contributed by atoms with E-state index in [-0.39, 0.29) is 5.54 Å². The molecule has 2 aromatic rings. The van der Waals surface area contributed by atoms with Crippen LogP contribution in [0.1, 0.15) is 42.4 Å². The van der Waals surface area contributed by atoms with E-state index in [0.29, 0.717) is 16.0 Å². The quantitative estimate of drug-likeness (QED) is 0.780. The van der Waals surface area contributed by atoms with E-state index in [1.54, 1.807) is 0 Å². The summed E-state index contributed by atoms with van der Waals surface area (Å²) in [6.07, 6.45) is 2.00. The predicted octanol–water partition coefficient (Wildman–Crippen LogP) is 5.09. The van der Waals surface area contributed by atoms with Crippen LogP contribution in [-0.2, 0) is 5.54 Å². The van der Waals surface area contributed by atoms with Gasteiger partial charge in [0.1, 0.15) is 0 Å². The molecule has 0 saturated heterocycles. The molecule has 1 aliphatic rings. The van der Waals surface area contributed by atoms with Gasteiger partial charge in [-0.3, -0.25) is 0 Å². The average molecular weight is 306 g/mol. The fourth-order valence-corrected chi connectivity index (χ4v) is 3.44. The molecule has 0 heterocycles. The standard InChI is InChI=1S/C17H17Cl2N/c1-17(20)9-8-12(13-4-2-3-5-14(13)17)11-6-7-15(18)16(19)10-11/h2-7,10,12H,8-9,20H2,1H3/t12?,17-/m0/s1. The van der Waals surface area contributed by atoms with Crippen LogP contribution in [0.4, 0.5) is 0 Å². The fraction of sp³-hybridized carbons (Fsp3) is 0.294. The van der Waals surface area contributed by atoms with Gasteiger partial charge in [0.2, 0.25) is 0 Å². The maximum absolute atomic E-state index is 6.44. The van der Waals surface area contributed by atoms with E-state index >= 15 is 0 Å². The summed E-state index contributed by atoms with van der Waals surface area (Å²) in [6, 6.07) is 14.4. The minimum atomic E-state index is -0.247. The Balaban J connectivity index is 2.10. The van der Waals surface area contributed by atoms with Crippen LogP contribution in [0.25, 0.3) is 0 Å². The fourth-order valence-electron chi connectivity index (χ4n) is 3.13. The number of rotatable bonds is 1. The van der Waals surface area contributed by atoms with Crippen molar-refractivity contribution in [3.05, 3.63) is 69.2 Å². The Kier molecular flexibility index (Phi) is 3.53. The monoisotopic (exact) mass is 305 g/mol. The van der Waals surface area contributed by atoms with Crippen LogP contribution in [0.3, 0.4) is 0 Å². The zero-order chi connectivity index (χ0) is 14.3. The van der Waals surface area contributed by atoms with Gasteiger partial charge in [-0.2, -0.15) is 0 Å². The van der Waals surface area contributed by atoms with Crippen molar-refractivity contribution in [3.8, 4) is 0 Å². The van der Waals surface area contributed by atoms with Gasteiger partial charge in [-0.05, 0) is 48.6 Å². The van der Waals surface area contributed by atoms with Gasteiger partial charge in [0.25, 0.3) is 0 Å². The molecule has 3 heteroatoms. The second kappa shape index (κ2) is 5.07. The second-order valence-electron chi connectivity index (χ2n) is 5.77. The SMILES string of the molecule is C[C@]1(N)CCC(c2ccc(Cl)c(Cl)c2)c2ccccc21. The van der Waals surface area contributed by atoms with E-state index in [2.05, 4.69) is 37.3 Å². The lowest BCUT2D eigenvalue weighted by molar-refractivity contribution is 0.391. The summed E-state index contributed by atoms with van der Waals surface area (Å²) in [4.78, 5) is 0. The lowest BCUT2D eigenvalue weighted by Gasteiger charge is -2.37. The normalized spacial score (nSPS) is 25.3. The third-order valence-electron chi connectivity index (χ3n) is 4.25.